The number of aromatic nitrogens is 3. The van der Waals surface area contributed by atoms with Gasteiger partial charge in [0.05, 0.1) is 18.3 Å². The molecular formula is C28H30FN5O3. The highest BCUT2D eigenvalue weighted by molar-refractivity contribution is 6.02. The molecular weight excluding hydrogens is 473 g/mol. The van der Waals surface area contributed by atoms with Gasteiger partial charge in [-0.3, -0.25) is 14.5 Å². The van der Waals surface area contributed by atoms with Crippen LogP contribution in [0.3, 0.4) is 0 Å². The molecule has 0 spiro atoms. The van der Waals surface area contributed by atoms with Crippen molar-refractivity contribution >= 4 is 28.5 Å². The zero-order valence-corrected chi connectivity index (χ0v) is 21.3. The molecule has 0 aliphatic carbocycles. The Hall–Kier alpha value is -4.27. The fourth-order valence-corrected chi connectivity index (χ4v) is 4.04. The molecule has 1 N–H and O–H groups in total. The second-order valence-electron chi connectivity index (χ2n) is 9.35. The molecule has 0 aliphatic heterocycles. The summed E-state index contributed by atoms with van der Waals surface area (Å²) in [6.07, 6.45) is 0.669. The molecule has 9 heteroatoms. The van der Waals surface area contributed by atoms with E-state index in [9.17, 15) is 14.0 Å². The Kier molecular flexibility index (Phi) is 7.52. The topological polar surface area (TPSA) is 89.4 Å². The summed E-state index contributed by atoms with van der Waals surface area (Å²) in [6.45, 7) is 5.60. The third-order valence-corrected chi connectivity index (χ3v) is 6.36. The van der Waals surface area contributed by atoms with Crippen LogP contribution in [0.2, 0.25) is 0 Å². The maximum Gasteiger partial charge on any atom is 0.249 e. The summed E-state index contributed by atoms with van der Waals surface area (Å²) in [4.78, 5) is 29.3. The molecule has 37 heavy (non-hydrogen) atoms. The smallest absolute Gasteiger partial charge is 0.249 e. The number of carbonyl (C=O) groups is 2. The number of hydrogen-bond acceptors (Lipinski definition) is 5. The Labute approximate surface area is 215 Å². The van der Waals surface area contributed by atoms with E-state index < -0.39 is 29.2 Å². The van der Waals surface area contributed by atoms with Crippen molar-refractivity contribution in [2.75, 3.05) is 12.0 Å². The normalized spacial score (nSPS) is 12.2. The van der Waals surface area contributed by atoms with Gasteiger partial charge in [0, 0.05) is 5.54 Å². The number of amides is 2. The van der Waals surface area contributed by atoms with E-state index in [-0.39, 0.29) is 6.54 Å². The van der Waals surface area contributed by atoms with Crippen molar-refractivity contribution in [1.29, 1.82) is 0 Å². The number of halogens is 1. The summed E-state index contributed by atoms with van der Waals surface area (Å²) in [5, 5.41) is 11.3. The molecule has 8 nitrogen and oxygen atoms in total. The van der Waals surface area contributed by atoms with Crippen LogP contribution >= 0.6 is 0 Å². The zero-order valence-electron chi connectivity index (χ0n) is 21.3. The number of ether oxygens (including phenoxy) is 1. The number of para-hydroxylation sites is 3. The van der Waals surface area contributed by atoms with Crippen molar-refractivity contribution in [2.45, 2.75) is 45.3 Å². The summed E-state index contributed by atoms with van der Waals surface area (Å²) < 4.78 is 20.9. The van der Waals surface area contributed by atoms with Gasteiger partial charge in [-0.1, -0.05) is 48.5 Å². The third-order valence-electron chi connectivity index (χ3n) is 6.36. The quantitative estimate of drug-likeness (QED) is 0.359. The predicted octanol–water partition coefficient (Wildman–Crippen LogP) is 4.66. The SMILES string of the molecule is CCC(C)(C)NC(=O)[C@@H](c1ccc(F)cc1)N(C(=O)Cn1nnc2ccccc21)c1ccccc1OC. The molecule has 0 aliphatic rings. The minimum absolute atomic E-state index is 0.180. The molecule has 4 aromatic rings. The molecule has 0 saturated carbocycles. The Morgan fingerprint density at radius 1 is 1.05 bits per heavy atom. The lowest BCUT2D eigenvalue weighted by molar-refractivity contribution is -0.128. The van der Waals surface area contributed by atoms with Crippen LogP contribution in [0.4, 0.5) is 10.1 Å². The third kappa shape index (κ3) is 5.61. The van der Waals surface area contributed by atoms with E-state index in [1.807, 2.05) is 45.0 Å². The van der Waals surface area contributed by atoms with Crippen LogP contribution in [0.25, 0.3) is 11.0 Å². The van der Waals surface area contributed by atoms with Crippen LogP contribution in [-0.2, 0) is 16.1 Å². The number of rotatable bonds is 9. The van der Waals surface area contributed by atoms with Crippen LogP contribution in [0, 0.1) is 5.82 Å². The number of benzene rings is 3. The summed E-state index contributed by atoms with van der Waals surface area (Å²) in [7, 11) is 1.50. The lowest BCUT2D eigenvalue weighted by atomic mass is 9.98. The fraction of sp³-hybridized carbons (Fsp3) is 0.286. The number of fused-ring (bicyclic) bond motifs is 1. The molecule has 0 saturated heterocycles. The molecule has 0 bridgehead atoms. The summed E-state index contributed by atoms with van der Waals surface area (Å²) >= 11 is 0. The van der Waals surface area contributed by atoms with Crippen molar-refractivity contribution in [3.8, 4) is 5.75 Å². The van der Waals surface area contributed by atoms with Crippen LogP contribution in [0.15, 0.2) is 72.8 Å². The van der Waals surface area contributed by atoms with Gasteiger partial charge in [-0.25, -0.2) is 9.07 Å². The van der Waals surface area contributed by atoms with Crippen LogP contribution in [0.1, 0.15) is 38.8 Å². The number of carbonyl (C=O) groups excluding carboxylic acids is 2. The average Bonchev–Trinajstić information content (AvgIpc) is 3.30. The molecule has 0 radical (unpaired) electrons. The summed E-state index contributed by atoms with van der Waals surface area (Å²) in [5.74, 6) is -0.852. The standard InChI is InChI=1S/C28H30FN5O3/c1-5-28(2,3)30-27(36)26(19-14-16-20(29)17-15-19)34(23-12-8-9-13-24(23)37-4)25(35)18-33-22-11-7-6-10-21(22)31-32-33/h6-17,26H,5,18H2,1-4H3,(H,30,36)/t26-/m1/s1. The second kappa shape index (κ2) is 10.8. The fourth-order valence-electron chi connectivity index (χ4n) is 4.04. The van der Waals surface area contributed by atoms with Gasteiger partial charge in [-0.2, -0.15) is 0 Å². The molecule has 192 valence electrons. The van der Waals surface area contributed by atoms with E-state index in [0.29, 0.717) is 34.5 Å². The average molecular weight is 504 g/mol. The van der Waals surface area contributed by atoms with Gasteiger partial charge in [-0.05, 0) is 62.2 Å². The molecule has 1 heterocycles. The number of nitrogens with one attached hydrogen (secondary N) is 1. The molecule has 1 aromatic heterocycles. The number of hydrogen-bond donors (Lipinski definition) is 1. The van der Waals surface area contributed by atoms with E-state index in [1.54, 1.807) is 24.3 Å². The Balaban J connectivity index is 1.85. The summed E-state index contributed by atoms with van der Waals surface area (Å²) in [5.41, 5.74) is 1.65. The molecule has 4 rings (SSSR count). The molecule has 3 aromatic carbocycles. The van der Waals surface area contributed by atoms with E-state index in [2.05, 4.69) is 15.6 Å². The Bertz CT molecular complexity index is 1400. The van der Waals surface area contributed by atoms with Gasteiger partial charge in [0.1, 0.15) is 29.7 Å². The van der Waals surface area contributed by atoms with Crippen LogP contribution in [0.5, 0.6) is 5.75 Å². The summed E-state index contributed by atoms with van der Waals surface area (Å²) in [6, 6.07) is 18.8. The van der Waals surface area contributed by atoms with Crippen molar-refractivity contribution in [1.82, 2.24) is 20.3 Å². The minimum atomic E-state index is -1.11. The number of nitrogens with zero attached hydrogens (tertiary/aromatic N) is 4. The maximum absolute atomic E-state index is 14.1. The second-order valence-corrected chi connectivity index (χ2v) is 9.35. The first kappa shape index (κ1) is 25.8. The van der Waals surface area contributed by atoms with E-state index in [0.717, 1.165) is 0 Å². The first-order valence-electron chi connectivity index (χ1n) is 12.0. The highest BCUT2D eigenvalue weighted by atomic mass is 19.1. The predicted molar refractivity (Wildman–Crippen MR) is 140 cm³/mol. The molecule has 1 atom stereocenters. The molecule has 2 amide bonds. The Morgan fingerprint density at radius 2 is 1.73 bits per heavy atom. The van der Waals surface area contributed by atoms with Crippen LogP contribution in [-0.4, -0.2) is 39.5 Å². The van der Waals surface area contributed by atoms with Gasteiger partial charge in [0.15, 0.2) is 0 Å². The van der Waals surface area contributed by atoms with Crippen molar-refractivity contribution in [3.63, 3.8) is 0 Å². The largest absolute Gasteiger partial charge is 0.495 e. The maximum atomic E-state index is 14.1. The minimum Gasteiger partial charge on any atom is -0.495 e. The van der Waals surface area contributed by atoms with Crippen LogP contribution < -0.4 is 15.0 Å². The van der Waals surface area contributed by atoms with E-state index in [1.165, 1.54) is 41.0 Å². The van der Waals surface area contributed by atoms with Gasteiger partial charge in [0.25, 0.3) is 0 Å². The van der Waals surface area contributed by atoms with Gasteiger partial charge >= 0.3 is 0 Å². The molecule has 0 fully saturated rings. The lowest BCUT2D eigenvalue weighted by Gasteiger charge is -2.35. The first-order chi connectivity index (χ1) is 17.7. The van der Waals surface area contributed by atoms with Crippen molar-refractivity contribution < 1.29 is 18.7 Å². The highest BCUT2D eigenvalue weighted by Gasteiger charge is 2.36. The van der Waals surface area contributed by atoms with Gasteiger partial charge in [0.2, 0.25) is 11.8 Å². The van der Waals surface area contributed by atoms with Crippen molar-refractivity contribution in [2.24, 2.45) is 0 Å². The lowest BCUT2D eigenvalue weighted by Crippen LogP contribution is -2.51. The zero-order chi connectivity index (χ0) is 26.6. The number of methoxy groups -OCH3 is 1. The van der Waals surface area contributed by atoms with E-state index >= 15 is 0 Å². The highest BCUT2D eigenvalue weighted by Crippen LogP contribution is 2.35. The van der Waals surface area contributed by atoms with Gasteiger partial charge < -0.3 is 10.1 Å². The first-order valence-corrected chi connectivity index (χ1v) is 12.0. The molecule has 0 unspecified atom stereocenters. The van der Waals surface area contributed by atoms with Crippen molar-refractivity contribution in [3.05, 3.63) is 84.2 Å². The number of anilines is 1. The Morgan fingerprint density at radius 3 is 2.43 bits per heavy atom. The monoisotopic (exact) mass is 503 g/mol. The van der Waals surface area contributed by atoms with Gasteiger partial charge in [-0.15, -0.1) is 5.10 Å². The van der Waals surface area contributed by atoms with E-state index in [4.69, 9.17) is 4.74 Å².